The van der Waals surface area contributed by atoms with E-state index in [2.05, 4.69) is 21.2 Å². The first-order chi connectivity index (χ1) is 10.0. The van der Waals surface area contributed by atoms with E-state index in [1.54, 1.807) is 24.3 Å². The van der Waals surface area contributed by atoms with Crippen LogP contribution in [0.2, 0.25) is 5.02 Å². The maximum absolute atomic E-state index is 12.3. The molecule has 3 nitrogen and oxygen atoms in total. The summed E-state index contributed by atoms with van der Waals surface area (Å²) in [6, 6.07) is 12.8. The van der Waals surface area contributed by atoms with Crippen LogP contribution in [0.25, 0.3) is 11.0 Å². The second-order valence-electron chi connectivity index (χ2n) is 4.71. The van der Waals surface area contributed by atoms with Crippen LogP contribution in [0.3, 0.4) is 0 Å². The molecule has 21 heavy (non-hydrogen) atoms. The number of benzene rings is 2. The third kappa shape index (κ3) is 2.82. The summed E-state index contributed by atoms with van der Waals surface area (Å²) in [6.07, 6.45) is 0. The van der Waals surface area contributed by atoms with Crippen molar-refractivity contribution in [1.29, 1.82) is 0 Å². The van der Waals surface area contributed by atoms with Crippen molar-refractivity contribution in [1.82, 2.24) is 0 Å². The van der Waals surface area contributed by atoms with Crippen molar-refractivity contribution in [2.45, 2.75) is 6.92 Å². The number of hydrogen-bond acceptors (Lipinski definition) is 2. The predicted molar refractivity (Wildman–Crippen MR) is 88.1 cm³/mol. The van der Waals surface area contributed by atoms with E-state index in [9.17, 15) is 4.79 Å². The monoisotopic (exact) mass is 363 g/mol. The van der Waals surface area contributed by atoms with Crippen LogP contribution in [0.1, 0.15) is 16.1 Å². The lowest BCUT2D eigenvalue weighted by Gasteiger charge is -2.06. The van der Waals surface area contributed by atoms with Gasteiger partial charge in [-0.3, -0.25) is 4.79 Å². The summed E-state index contributed by atoms with van der Waals surface area (Å²) in [5, 5.41) is 4.22. The van der Waals surface area contributed by atoms with E-state index in [-0.39, 0.29) is 11.7 Å². The van der Waals surface area contributed by atoms with Crippen LogP contribution < -0.4 is 5.32 Å². The lowest BCUT2D eigenvalue weighted by molar-refractivity contribution is 0.0998. The van der Waals surface area contributed by atoms with Crippen molar-refractivity contribution in [3.8, 4) is 0 Å². The molecule has 2 aromatic carbocycles. The minimum absolute atomic E-state index is 0.266. The molecule has 0 aliphatic rings. The predicted octanol–water partition coefficient (Wildman–Crippen LogP) is 5.41. The number of halogens is 2. The fourth-order valence-corrected chi connectivity index (χ4v) is 2.60. The topological polar surface area (TPSA) is 42.2 Å². The van der Waals surface area contributed by atoms with Gasteiger partial charge in [0.2, 0.25) is 0 Å². The first-order valence-electron chi connectivity index (χ1n) is 6.30. The van der Waals surface area contributed by atoms with Gasteiger partial charge in [-0.15, -0.1) is 0 Å². The Bertz CT molecular complexity index is 841. The molecular weight excluding hydrogens is 354 g/mol. The van der Waals surface area contributed by atoms with Gasteiger partial charge >= 0.3 is 0 Å². The second-order valence-corrected chi connectivity index (χ2v) is 5.91. The molecule has 5 heteroatoms. The molecule has 3 rings (SSSR count). The molecule has 1 heterocycles. The number of hydrogen-bond donors (Lipinski definition) is 1. The molecule has 0 unspecified atom stereocenters. The SMILES string of the molecule is Cc1ccc2oc(C(=O)Nc3cccc(Cl)c3Br)cc2c1. The molecule has 0 spiro atoms. The summed E-state index contributed by atoms with van der Waals surface area (Å²) in [5.74, 6) is -0.0469. The molecular formula is C16H11BrClNO2. The average molecular weight is 365 g/mol. The number of anilines is 1. The summed E-state index contributed by atoms with van der Waals surface area (Å²) in [6.45, 7) is 2.00. The fraction of sp³-hybridized carbons (Fsp3) is 0.0625. The Morgan fingerprint density at radius 2 is 2.05 bits per heavy atom. The van der Waals surface area contributed by atoms with Crippen molar-refractivity contribution in [2.24, 2.45) is 0 Å². The number of carbonyl (C=O) groups excluding carboxylic acids is 1. The molecule has 1 N–H and O–H groups in total. The first kappa shape index (κ1) is 14.2. The third-order valence-electron chi connectivity index (χ3n) is 3.10. The zero-order valence-corrected chi connectivity index (χ0v) is 13.5. The molecule has 3 aromatic rings. The van der Waals surface area contributed by atoms with Gasteiger partial charge in [-0.25, -0.2) is 0 Å². The standard InChI is InChI=1S/C16H11BrClNO2/c1-9-5-6-13-10(7-9)8-14(21-13)16(20)19-12-4-2-3-11(18)15(12)17/h2-8H,1H3,(H,19,20). The Hall–Kier alpha value is -1.78. The maximum Gasteiger partial charge on any atom is 0.291 e. The van der Waals surface area contributed by atoms with Crippen LogP contribution in [-0.2, 0) is 0 Å². The number of rotatable bonds is 2. The number of furan rings is 1. The summed E-state index contributed by atoms with van der Waals surface area (Å²) in [7, 11) is 0. The molecule has 1 amide bonds. The lowest BCUT2D eigenvalue weighted by atomic mass is 10.2. The quantitative estimate of drug-likeness (QED) is 0.660. The van der Waals surface area contributed by atoms with E-state index in [1.165, 1.54) is 0 Å². The molecule has 0 saturated carbocycles. The molecule has 0 bridgehead atoms. The first-order valence-corrected chi connectivity index (χ1v) is 7.47. The van der Waals surface area contributed by atoms with E-state index in [4.69, 9.17) is 16.0 Å². The Balaban J connectivity index is 1.91. The van der Waals surface area contributed by atoms with Gasteiger partial charge in [0.05, 0.1) is 15.2 Å². The van der Waals surface area contributed by atoms with E-state index in [1.807, 2.05) is 25.1 Å². The molecule has 1 aromatic heterocycles. The van der Waals surface area contributed by atoms with Crippen molar-refractivity contribution in [2.75, 3.05) is 5.32 Å². The molecule has 0 atom stereocenters. The van der Waals surface area contributed by atoms with Gasteiger partial charge in [0.1, 0.15) is 5.58 Å². The van der Waals surface area contributed by atoms with Gasteiger partial charge in [0.25, 0.3) is 5.91 Å². The maximum atomic E-state index is 12.3. The van der Waals surface area contributed by atoms with Gasteiger partial charge in [-0.2, -0.15) is 0 Å². The molecule has 0 aliphatic heterocycles. The van der Waals surface area contributed by atoms with Crippen LogP contribution in [0, 0.1) is 6.92 Å². The van der Waals surface area contributed by atoms with Gasteiger partial charge in [0.15, 0.2) is 5.76 Å². The van der Waals surface area contributed by atoms with Crippen molar-refractivity contribution in [3.05, 3.63) is 63.3 Å². The highest BCUT2D eigenvalue weighted by Crippen LogP contribution is 2.30. The molecule has 0 aliphatic carbocycles. The number of aryl methyl sites for hydroxylation is 1. The number of carbonyl (C=O) groups is 1. The zero-order chi connectivity index (χ0) is 15.0. The summed E-state index contributed by atoms with van der Waals surface area (Å²) in [5.41, 5.74) is 2.41. The van der Waals surface area contributed by atoms with Crippen LogP contribution >= 0.6 is 27.5 Å². The lowest BCUT2D eigenvalue weighted by Crippen LogP contribution is -2.11. The van der Waals surface area contributed by atoms with Gasteiger partial charge in [-0.05, 0) is 53.2 Å². The molecule has 0 radical (unpaired) electrons. The van der Waals surface area contributed by atoms with Gasteiger partial charge in [0, 0.05) is 5.39 Å². The fourth-order valence-electron chi connectivity index (χ4n) is 2.06. The Morgan fingerprint density at radius 1 is 1.24 bits per heavy atom. The number of fused-ring (bicyclic) bond motifs is 1. The molecule has 106 valence electrons. The highest BCUT2D eigenvalue weighted by molar-refractivity contribution is 9.10. The van der Waals surface area contributed by atoms with Crippen molar-refractivity contribution < 1.29 is 9.21 Å². The Kier molecular flexibility index (Phi) is 3.74. The van der Waals surface area contributed by atoms with E-state index in [0.29, 0.717) is 20.8 Å². The zero-order valence-electron chi connectivity index (χ0n) is 11.1. The van der Waals surface area contributed by atoms with Crippen LogP contribution in [0.4, 0.5) is 5.69 Å². The average Bonchev–Trinajstić information content (AvgIpc) is 2.87. The molecule has 0 fully saturated rings. The number of nitrogens with one attached hydrogen (secondary N) is 1. The van der Waals surface area contributed by atoms with E-state index in [0.717, 1.165) is 10.9 Å². The second kappa shape index (κ2) is 5.54. The minimum atomic E-state index is -0.313. The summed E-state index contributed by atoms with van der Waals surface area (Å²) < 4.78 is 6.21. The van der Waals surface area contributed by atoms with Crippen LogP contribution in [0.5, 0.6) is 0 Å². The van der Waals surface area contributed by atoms with Crippen LogP contribution in [-0.4, -0.2) is 5.91 Å². The largest absolute Gasteiger partial charge is 0.451 e. The van der Waals surface area contributed by atoms with Crippen LogP contribution in [0.15, 0.2) is 51.4 Å². The Labute approximate surface area is 135 Å². The van der Waals surface area contributed by atoms with Gasteiger partial charge in [-0.1, -0.05) is 29.3 Å². The molecule has 0 saturated heterocycles. The Morgan fingerprint density at radius 3 is 2.86 bits per heavy atom. The highest BCUT2D eigenvalue weighted by Gasteiger charge is 2.14. The van der Waals surface area contributed by atoms with Crippen molar-refractivity contribution in [3.63, 3.8) is 0 Å². The number of amides is 1. The van der Waals surface area contributed by atoms with Crippen molar-refractivity contribution >= 4 is 50.1 Å². The van der Waals surface area contributed by atoms with E-state index >= 15 is 0 Å². The highest BCUT2D eigenvalue weighted by atomic mass is 79.9. The minimum Gasteiger partial charge on any atom is -0.451 e. The van der Waals surface area contributed by atoms with Gasteiger partial charge < -0.3 is 9.73 Å². The van der Waals surface area contributed by atoms with E-state index < -0.39 is 0 Å². The third-order valence-corrected chi connectivity index (χ3v) is 4.49. The normalized spacial score (nSPS) is 10.8. The smallest absolute Gasteiger partial charge is 0.291 e. The summed E-state index contributed by atoms with van der Waals surface area (Å²) in [4.78, 5) is 12.3. The summed E-state index contributed by atoms with van der Waals surface area (Å²) >= 11 is 9.35.